The van der Waals surface area contributed by atoms with Gasteiger partial charge in [-0.15, -0.1) is 0 Å². The van der Waals surface area contributed by atoms with E-state index < -0.39 is 0 Å². The van der Waals surface area contributed by atoms with Gasteiger partial charge in [-0.3, -0.25) is 0 Å². The number of aryl methyl sites for hydroxylation is 1. The Balaban J connectivity index is 2.48. The minimum absolute atomic E-state index is 0.200. The molecule has 0 fully saturated rings. The van der Waals surface area contributed by atoms with Gasteiger partial charge in [-0.2, -0.15) is 0 Å². The minimum Gasteiger partial charge on any atom is -0.507 e. The average Bonchev–Trinajstić information content (AvgIpc) is 2.38. The van der Waals surface area contributed by atoms with Crippen LogP contribution in [0.5, 0.6) is 5.75 Å². The summed E-state index contributed by atoms with van der Waals surface area (Å²) in [5.41, 5.74) is 7.61. The summed E-state index contributed by atoms with van der Waals surface area (Å²) in [5.74, 6) is 0.859. The van der Waals surface area contributed by atoms with Crippen molar-refractivity contribution in [3.8, 4) is 17.0 Å². The maximum Gasteiger partial charge on any atom is 0.126 e. The van der Waals surface area contributed by atoms with Crippen molar-refractivity contribution < 1.29 is 5.11 Å². The lowest BCUT2D eigenvalue weighted by Gasteiger charge is -2.11. The van der Waals surface area contributed by atoms with Crippen LogP contribution in [0.3, 0.4) is 0 Å². The summed E-state index contributed by atoms with van der Waals surface area (Å²) >= 11 is 0. The van der Waals surface area contributed by atoms with Gasteiger partial charge in [-0.25, -0.2) is 9.97 Å². The van der Waals surface area contributed by atoms with Gasteiger partial charge in [0.1, 0.15) is 17.3 Å². The van der Waals surface area contributed by atoms with E-state index in [2.05, 4.69) is 15.3 Å². The van der Waals surface area contributed by atoms with E-state index in [1.165, 1.54) is 0 Å². The summed E-state index contributed by atoms with van der Waals surface area (Å²) in [6, 6.07) is 7.10. The average molecular weight is 244 g/mol. The number of aromatic nitrogens is 2. The van der Waals surface area contributed by atoms with Gasteiger partial charge in [0.2, 0.25) is 0 Å². The number of aromatic hydroxyl groups is 1. The molecule has 0 radical (unpaired) electrons. The van der Waals surface area contributed by atoms with Crippen LogP contribution in [0.15, 0.2) is 30.5 Å². The Bertz CT molecular complexity index is 542. The molecule has 1 heterocycles. The quantitative estimate of drug-likeness (QED) is 0.759. The van der Waals surface area contributed by atoms with Crippen molar-refractivity contribution in [3.05, 3.63) is 36.3 Å². The lowest BCUT2D eigenvalue weighted by molar-refractivity contribution is 0.477. The second-order valence-electron chi connectivity index (χ2n) is 3.91. The highest BCUT2D eigenvalue weighted by atomic mass is 16.3. The number of para-hydroxylation sites is 1. The molecule has 0 spiro atoms. The molecule has 0 amide bonds. The van der Waals surface area contributed by atoms with Crippen molar-refractivity contribution in [2.24, 2.45) is 5.73 Å². The van der Waals surface area contributed by atoms with Crippen LogP contribution < -0.4 is 11.1 Å². The van der Waals surface area contributed by atoms with Crippen molar-refractivity contribution in [1.29, 1.82) is 0 Å². The molecular weight excluding hydrogens is 228 g/mol. The van der Waals surface area contributed by atoms with Crippen LogP contribution in [-0.2, 0) is 0 Å². The fourth-order valence-electron chi connectivity index (χ4n) is 1.69. The van der Waals surface area contributed by atoms with Gasteiger partial charge in [0.05, 0.1) is 11.9 Å². The zero-order chi connectivity index (χ0) is 13.0. The Kier molecular flexibility index (Phi) is 3.74. The molecule has 0 aliphatic rings. The molecule has 0 saturated carbocycles. The zero-order valence-corrected chi connectivity index (χ0v) is 10.2. The molecule has 18 heavy (non-hydrogen) atoms. The molecule has 1 aromatic carbocycles. The molecule has 0 atom stereocenters. The fourth-order valence-corrected chi connectivity index (χ4v) is 1.69. The number of benzene rings is 1. The van der Waals surface area contributed by atoms with Gasteiger partial charge in [-0.05, 0) is 19.1 Å². The number of phenols is 1. The summed E-state index contributed by atoms with van der Waals surface area (Å²) in [5, 5.41) is 13.0. The third kappa shape index (κ3) is 2.57. The Morgan fingerprint density at radius 3 is 2.83 bits per heavy atom. The molecule has 2 rings (SSSR count). The van der Waals surface area contributed by atoms with E-state index in [4.69, 9.17) is 5.73 Å². The van der Waals surface area contributed by atoms with Crippen LogP contribution in [0.1, 0.15) is 5.82 Å². The predicted octanol–water partition coefficient (Wildman–Crippen LogP) is 1.53. The van der Waals surface area contributed by atoms with Gasteiger partial charge in [0.25, 0.3) is 0 Å². The highest BCUT2D eigenvalue weighted by Crippen LogP contribution is 2.31. The number of nitrogens with zero attached hydrogens (tertiary/aromatic N) is 2. The summed E-state index contributed by atoms with van der Waals surface area (Å²) in [6.45, 7) is 2.97. The number of phenolic OH excluding ortho intramolecular Hbond substituents is 1. The summed E-state index contributed by atoms with van der Waals surface area (Å²) in [4.78, 5) is 8.53. The molecule has 0 bridgehead atoms. The van der Waals surface area contributed by atoms with Gasteiger partial charge in [0.15, 0.2) is 0 Å². The maximum absolute atomic E-state index is 9.89. The fraction of sp³-hybridized carbons (Fsp3) is 0.231. The van der Waals surface area contributed by atoms with Gasteiger partial charge in [-0.1, -0.05) is 12.1 Å². The highest BCUT2D eigenvalue weighted by molar-refractivity contribution is 5.77. The lowest BCUT2D eigenvalue weighted by atomic mass is 10.1. The topological polar surface area (TPSA) is 84.1 Å². The standard InChI is InChI=1S/C13H16N4O/c1-9-16-8-11(15-7-6-14)13(17-9)10-4-2-3-5-12(10)18/h2-5,8,15,18H,6-7,14H2,1H3. The Morgan fingerprint density at radius 2 is 2.11 bits per heavy atom. The van der Waals surface area contributed by atoms with Crippen LogP contribution in [0, 0.1) is 6.92 Å². The van der Waals surface area contributed by atoms with E-state index in [1.54, 1.807) is 18.3 Å². The molecule has 0 aliphatic heterocycles. The zero-order valence-electron chi connectivity index (χ0n) is 10.2. The first-order valence-electron chi connectivity index (χ1n) is 5.78. The van der Waals surface area contributed by atoms with Gasteiger partial charge < -0.3 is 16.2 Å². The van der Waals surface area contributed by atoms with E-state index in [1.807, 2.05) is 19.1 Å². The third-order valence-electron chi connectivity index (χ3n) is 2.53. The molecule has 1 aromatic heterocycles. The predicted molar refractivity (Wildman–Crippen MR) is 71.4 cm³/mol. The molecule has 0 unspecified atom stereocenters. The van der Waals surface area contributed by atoms with Crippen molar-refractivity contribution >= 4 is 5.69 Å². The van der Waals surface area contributed by atoms with Crippen molar-refractivity contribution in [3.63, 3.8) is 0 Å². The van der Waals surface area contributed by atoms with E-state index >= 15 is 0 Å². The lowest BCUT2D eigenvalue weighted by Crippen LogP contribution is -2.14. The summed E-state index contributed by atoms with van der Waals surface area (Å²) in [6.07, 6.45) is 1.71. The number of nitrogens with one attached hydrogen (secondary N) is 1. The van der Waals surface area contributed by atoms with Gasteiger partial charge >= 0.3 is 0 Å². The molecular formula is C13H16N4O. The Hall–Kier alpha value is -2.14. The van der Waals surface area contributed by atoms with Crippen molar-refractivity contribution in [2.45, 2.75) is 6.92 Å². The third-order valence-corrected chi connectivity index (χ3v) is 2.53. The smallest absolute Gasteiger partial charge is 0.126 e. The largest absolute Gasteiger partial charge is 0.507 e. The molecule has 5 heteroatoms. The molecule has 2 aromatic rings. The first-order valence-corrected chi connectivity index (χ1v) is 5.78. The number of hydrogen-bond acceptors (Lipinski definition) is 5. The van der Waals surface area contributed by atoms with Gasteiger partial charge in [0, 0.05) is 18.7 Å². The summed E-state index contributed by atoms with van der Waals surface area (Å²) in [7, 11) is 0. The molecule has 94 valence electrons. The monoisotopic (exact) mass is 244 g/mol. The second kappa shape index (κ2) is 5.46. The normalized spacial score (nSPS) is 10.3. The van der Waals surface area contributed by atoms with Crippen LogP contribution in [-0.4, -0.2) is 28.2 Å². The van der Waals surface area contributed by atoms with E-state index in [9.17, 15) is 5.11 Å². The van der Waals surface area contributed by atoms with Crippen molar-refractivity contribution in [1.82, 2.24) is 9.97 Å². The maximum atomic E-state index is 9.89. The first-order chi connectivity index (χ1) is 8.72. The van der Waals surface area contributed by atoms with Crippen LogP contribution in [0.4, 0.5) is 5.69 Å². The molecule has 0 aliphatic carbocycles. The number of anilines is 1. The SMILES string of the molecule is Cc1ncc(NCCN)c(-c2ccccc2O)n1. The number of hydrogen-bond donors (Lipinski definition) is 3. The highest BCUT2D eigenvalue weighted by Gasteiger charge is 2.11. The second-order valence-corrected chi connectivity index (χ2v) is 3.91. The van der Waals surface area contributed by atoms with Crippen molar-refractivity contribution in [2.75, 3.05) is 18.4 Å². The molecule has 4 N–H and O–H groups in total. The van der Waals surface area contributed by atoms with E-state index in [0.29, 0.717) is 30.2 Å². The van der Waals surface area contributed by atoms with E-state index in [-0.39, 0.29) is 5.75 Å². The first kappa shape index (κ1) is 12.3. The Morgan fingerprint density at radius 1 is 1.33 bits per heavy atom. The number of rotatable bonds is 4. The Labute approximate surface area is 106 Å². The summed E-state index contributed by atoms with van der Waals surface area (Å²) < 4.78 is 0. The molecule has 0 saturated heterocycles. The van der Waals surface area contributed by atoms with Crippen LogP contribution in [0.2, 0.25) is 0 Å². The van der Waals surface area contributed by atoms with Crippen LogP contribution >= 0.6 is 0 Å². The minimum atomic E-state index is 0.200. The van der Waals surface area contributed by atoms with Crippen LogP contribution in [0.25, 0.3) is 11.3 Å². The molecule has 5 nitrogen and oxygen atoms in total. The number of nitrogens with two attached hydrogens (primary N) is 1. The van der Waals surface area contributed by atoms with E-state index in [0.717, 1.165) is 5.69 Å².